The van der Waals surface area contributed by atoms with Crippen molar-refractivity contribution in [3.8, 4) is 5.75 Å². The first-order chi connectivity index (χ1) is 54.5. The lowest BCUT2D eigenvalue weighted by Gasteiger charge is -2.28. The van der Waals surface area contributed by atoms with Crippen LogP contribution in [0.2, 0.25) is 0 Å². The van der Waals surface area contributed by atoms with Crippen LogP contribution in [0.1, 0.15) is 141 Å². The Morgan fingerprint density at radius 2 is 0.670 bits per heavy atom. The van der Waals surface area contributed by atoms with Crippen molar-refractivity contribution >= 4 is 113 Å². The highest BCUT2D eigenvalue weighted by atomic mass is 16.3. The van der Waals surface area contributed by atoms with E-state index < -0.39 is 157 Å². The summed E-state index contributed by atoms with van der Waals surface area (Å²) in [5, 5.41) is 44.3. The fourth-order valence-corrected chi connectivity index (χ4v) is 11.1. The number of guanidine groups is 6. The van der Waals surface area contributed by atoms with Crippen molar-refractivity contribution < 1.29 is 67.4 Å². The molecule has 0 saturated carbocycles. The lowest BCUT2D eigenvalue weighted by Crippen LogP contribution is -2.60. The number of nitrogens with zero attached hydrogens (tertiary/aromatic N) is 6. The average molecular weight is 1630 g/mol. The second-order valence-electron chi connectivity index (χ2n) is 26.6. The Balaban J connectivity index is 3.98. The first kappa shape index (κ1) is 101. The van der Waals surface area contributed by atoms with Crippen molar-refractivity contribution in [2.24, 2.45) is 110 Å². The van der Waals surface area contributed by atoms with Crippen molar-refractivity contribution in [3.63, 3.8) is 0 Å². The van der Waals surface area contributed by atoms with Gasteiger partial charge < -0.3 is 154 Å². The fourth-order valence-electron chi connectivity index (χ4n) is 11.1. The molecule has 0 aliphatic rings. The summed E-state index contributed by atoms with van der Waals surface area (Å²) in [6.07, 6.45) is -0.380. The average Bonchev–Trinajstić information content (AvgIpc) is 0.859. The van der Waals surface area contributed by atoms with Crippen LogP contribution in [0.5, 0.6) is 5.75 Å². The molecule has 47 heteroatoms. The molecule has 0 unspecified atom stereocenters. The second kappa shape index (κ2) is 57.7. The van der Waals surface area contributed by atoms with Crippen molar-refractivity contribution in [1.29, 1.82) is 0 Å². The summed E-state index contributed by atoms with van der Waals surface area (Å²) in [6, 6.07) is -8.68. The number of primary amides is 2. The van der Waals surface area contributed by atoms with Crippen molar-refractivity contribution in [2.75, 3.05) is 73.0 Å². The molecule has 0 spiro atoms. The Morgan fingerprint density at radius 1 is 0.365 bits per heavy atom. The Morgan fingerprint density at radius 3 is 0.965 bits per heavy atom. The van der Waals surface area contributed by atoms with Crippen LogP contribution < -0.4 is 149 Å². The summed E-state index contributed by atoms with van der Waals surface area (Å²) in [5.74, 6) is -12.7. The van der Waals surface area contributed by atoms with E-state index in [9.17, 15) is 62.6 Å². The summed E-state index contributed by atoms with van der Waals surface area (Å²) >= 11 is 0. The van der Waals surface area contributed by atoms with Crippen LogP contribution in [0.4, 0.5) is 0 Å². The lowest BCUT2D eigenvalue weighted by atomic mass is 10.0. The van der Waals surface area contributed by atoms with E-state index in [0.717, 1.165) is 0 Å². The minimum Gasteiger partial charge on any atom is -0.508 e. The molecule has 10 atom stereocenters. The number of phenolic OH excluding ortho intramolecular Hbond substituents is 1. The molecule has 0 aromatic heterocycles. The van der Waals surface area contributed by atoms with Gasteiger partial charge in [0.15, 0.2) is 35.8 Å². The van der Waals surface area contributed by atoms with Gasteiger partial charge in [-0.25, -0.2) is 0 Å². The van der Waals surface area contributed by atoms with Crippen LogP contribution in [0.25, 0.3) is 0 Å². The van der Waals surface area contributed by atoms with Crippen LogP contribution in [-0.2, 0) is 68.7 Å². The van der Waals surface area contributed by atoms with Gasteiger partial charge in [0.2, 0.25) is 76.8 Å². The largest absolute Gasteiger partial charge is 0.508 e. The molecule has 0 fully saturated rings. The van der Waals surface area contributed by atoms with Gasteiger partial charge in [0.1, 0.15) is 66.2 Å². The van der Waals surface area contributed by atoms with Gasteiger partial charge in [-0.2, -0.15) is 0 Å². The fraction of sp³-hybridized carbons (Fsp3) is 0.632. The first-order valence-electron chi connectivity index (χ1n) is 37.7. The molecule has 0 heterocycles. The Labute approximate surface area is 667 Å². The van der Waals surface area contributed by atoms with Gasteiger partial charge in [0.05, 0.1) is 6.54 Å². The predicted molar refractivity (Wildman–Crippen MR) is 432 cm³/mol. The molecule has 0 aliphatic heterocycles. The molecule has 0 bridgehead atoms. The second-order valence-corrected chi connectivity index (χ2v) is 26.6. The smallest absolute Gasteiger partial charge is 0.243 e. The van der Waals surface area contributed by atoms with Gasteiger partial charge in [-0.15, -0.1) is 0 Å². The third kappa shape index (κ3) is 46.3. The molecule has 0 aliphatic carbocycles. The highest BCUT2D eigenvalue weighted by molar-refractivity contribution is 5.99. The molecule has 115 heavy (non-hydrogen) atoms. The third-order valence-electron chi connectivity index (χ3n) is 17.0. The molecule has 1 rings (SSSR count). The van der Waals surface area contributed by atoms with E-state index in [0.29, 0.717) is 24.4 Å². The summed E-state index contributed by atoms with van der Waals surface area (Å²) in [5.41, 5.74) is 79.0. The van der Waals surface area contributed by atoms with Crippen LogP contribution in [0.15, 0.2) is 54.2 Å². The Bertz CT molecular complexity index is 3450. The molecule has 1 aromatic rings. The monoisotopic (exact) mass is 1630 g/mol. The molecular weight excluding hydrogens is 1500 g/mol. The Kier molecular flexibility index (Phi) is 50.5. The standard InChI is InChI=1S/C68H125N33O14/c1-38(102)92-50(36-39-22-24-40(103)25-23-39)54(107)91-37-52(105)93-42(17-9-31-86-64(75)76)55(108)95-43(14-4-6-28-69)57(110)96-44(15-5-7-29-70)58(111)98-48(21-13-35-90-68(83-2)84-3)60(113)99-47(20-12-34-89-67(81)82)61(114)101-49(26-27-51(71)104)62(115)100-46(19-11-33-88-66(79)80)59(112)97-45(18-10-32-87-65(77)78)56(109)94-41(53(72)106)16-8-30-85-63(73)74/h22-25,41-50,103H,4-21,26-37,69-70H2,1-3H3,(H2,71,104)(H2,72,106)(H,91,107)(H,92,102)(H,93,105)(H,94,109)(H,95,108)(H,96,110)(H,97,112)(H,98,111)(H,99,113)(H,100,115)(H,101,114)(H4,73,74,85)(H4,75,76,86)(H4,77,78,87)(H4,79,80,88)(H4,81,82,89)(H2,83,84,90)/t41-,42-,43-,44-,45-,46-,47-,48-,49-,50-/m0/s1. The summed E-state index contributed by atoms with van der Waals surface area (Å²) in [7, 11) is 3.12. The number of rotatable bonds is 59. The van der Waals surface area contributed by atoms with Crippen LogP contribution >= 0.6 is 0 Å². The molecule has 1 aromatic carbocycles. The van der Waals surface area contributed by atoms with Gasteiger partial charge in [-0.1, -0.05) is 12.1 Å². The number of phenols is 1. The molecule has 47 nitrogen and oxygen atoms in total. The number of aromatic hydroxyl groups is 1. The third-order valence-corrected chi connectivity index (χ3v) is 17.0. The van der Waals surface area contributed by atoms with E-state index in [1.54, 1.807) is 19.2 Å². The number of aliphatic imine (C=N–C) groups is 6. The Hall–Kier alpha value is -12.3. The van der Waals surface area contributed by atoms with Gasteiger partial charge in [0, 0.05) is 73.1 Å². The first-order valence-corrected chi connectivity index (χ1v) is 37.7. The normalized spacial score (nSPS) is 13.5. The van der Waals surface area contributed by atoms with Gasteiger partial charge >= 0.3 is 0 Å². The van der Waals surface area contributed by atoms with E-state index >= 15 is 4.79 Å². The maximum atomic E-state index is 15.0. The van der Waals surface area contributed by atoms with Gasteiger partial charge in [-0.3, -0.25) is 92.3 Å². The topological polar surface area (TPSA) is 837 Å². The van der Waals surface area contributed by atoms with E-state index in [4.69, 9.17) is 80.3 Å². The zero-order valence-electron chi connectivity index (χ0n) is 65.8. The van der Waals surface area contributed by atoms with Crippen molar-refractivity contribution in [3.05, 3.63) is 29.8 Å². The number of benzene rings is 1. The highest BCUT2D eigenvalue weighted by Gasteiger charge is 2.36. The SMILES string of the molecule is CN=C(NC)NCCC[C@H](NC(=O)[C@H](CCCCN)NC(=O)[C@H](CCCCN)NC(=O)[C@H](CCCN=C(N)N)NC(=O)CNC(=O)[C@H](Cc1ccc(O)cc1)NC(C)=O)C(=O)N[C@@H](CCCN=C(N)N)C(=O)N[C@@H](CCC(N)=O)C(=O)N[C@@H](CCCN=C(N)N)C(=O)N[C@@H](CCCN=C(N)N)C(=O)N[C@@H](CCCN=C(N)N)C(N)=O. The van der Waals surface area contributed by atoms with Gasteiger partial charge in [-0.05, 0) is 153 Å². The number of nitrogens with two attached hydrogens (primary N) is 14. The molecule has 13 amide bonds. The van der Waals surface area contributed by atoms with Crippen LogP contribution in [0.3, 0.4) is 0 Å². The van der Waals surface area contributed by atoms with E-state index in [2.05, 4.69) is 99.1 Å². The molecule has 0 radical (unpaired) electrons. The minimum absolute atomic E-state index is 0.00337. The maximum Gasteiger partial charge on any atom is 0.243 e. The van der Waals surface area contributed by atoms with E-state index in [-0.39, 0.29) is 197 Å². The van der Waals surface area contributed by atoms with Crippen LogP contribution in [-0.4, -0.2) is 251 Å². The number of unbranched alkanes of at least 4 members (excludes halogenated alkanes) is 2. The summed E-state index contributed by atoms with van der Waals surface area (Å²) in [4.78, 5) is 205. The molecular formula is C68H125N33O14. The predicted octanol–water partition coefficient (Wildman–Crippen LogP) is -11.2. The van der Waals surface area contributed by atoms with E-state index in [1.165, 1.54) is 26.1 Å². The summed E-state index contributed by atoms with van der Waals surface area (Å²) in [6.45, 7) is 0.895. The number of amides is 13. The highest BCUT2D eigenvalue weighted by Crippen LogP contribution is 2.15. The zero-order valence-corrected chi connectivity index (χ0v) is 65.8. The van der Waals surface area contributed by atoms with Crippen molar-refractivity contribution in [1.82, 2.24) is 69.1 Å². The maximum absolute atomic E-state index is 15.0. The molecule has 0 saturated heterocycles. The number of carbonyl (C=O) groups is 13. The number of hydrogen-bond donors (Lipinski definition) is 28. The zero-order chi connectivity index (χ0) is 86.4. The number of hydrogen-bond acceptors (Lipinski definition) is 22. The minimum atomic E-state index is -1.72. The van der Waals surface area contributed by atoms with E-state index in [1.807, 2.05) is 0 Å². The quantitative estimate of drug-likeness (QED) is 0.0164. The molecule has 646 valence electrons. The lowest BCUT2D eigenvalue weighted by molar-refractivity contribution is -0.136. The van der Waals surface area contributed by atoms with Crippen molar-refractivity contribution in [2.45, 2.75) is 202 Å². The number of carbonyl (C=O) groups excluding carboxylic acids is 13. The van der Waals surface area contributed by atoms with Crippen LogP contribution in [0, 0.1) is 0 Å². The molecule has 42 N–H and O–H groups in total. The summed E-state index contributed by atoms with van der Waals surface area (Å²) < 4.78 is 0. The van der Waals surface area contributed by atoms with Gasteiger partial charge in [0.25, 0.3) is 0 Å². The number of nitrogens with one attached hydrogen (secondary N) is 13.